The summed E-state index contributed by atoms with van der Waals surface area (Å²) >= 11 is 0. The highest BCUT2D eigenvalue weighted by Crippen LogP contribution is 2.05. The van der Waals surface area contributed by atoms with E-state index in [0.29, 0.717) is 0 Å². The molecule has 0 unspecified atom stereocenters. The van der Waals surface area contributed by atoms with Crippen LogP contribution < -0.4 is 0 Å². The van der Waals surface area contributed by atoms with Crippen LogP contribution in [0.2, 0.25) is 0 Å². The minimum Gasteiger partial charge on any atom is -0.0654 e. The lowest BCUT2D eigenvalue weighted by atomic mass is 10.1. The standard InChI is InChI=1S/C9H20.C5H12/c1-3-5-7-9-8-6-4-2;1-3-5-4-2/h3-9H2,1-2H3;3-5H2,1-2H3. The lowest BCUT2D eigenvalue weighted by Gasteiger charge is -1.96. The van der Waals surface area contributed by atoms with E-state index in [1.54, 1.807) is 0 Å². The summed E-state index contributed by atoms with van der Waals surface area (Å²) in [5.74, 6) is 0. The molecule has 0 atom stereocenters. The molecule has 0 fully saturated rings. The molecule has 0 N–H and O–H groups in total. The van der Waals surface area contributed by atoms with Gasteiger partial charge in [0.15, 0.2) is 0 Å². The summed E-state index contributed by atoms with van der Waals surface area (Å²) in [5, 5.41) is 0. The summed E-state index contributed by atoms with van der Waals surface area (Å²) in [6.45, 7) is 8.95. The van der Waals surface area contributed by atoms with E-state index in [4.69, 9.17) is 0 Å². The highest BCUT2D eigenvalue weighted by atomic mass is 13.9. The van der Waals surface area contributed by atoms with Crippen molar-refractivity contribution in [3.8, 4) is 0 Å². The van der Waals surface area contributed by atoms with Gasteiger partial charge in [0.25, 0.3) is 0 Å². The van der Waals surface area contributed by atoms with Crippen LogP contribution in [-0.2, 0) is 0 Å². The van der Waals surface area contributed by atoms with Gasteiger partial charge in [0.05, 0.1) is 0 Å². The van der Waals surface area contributed by atoms with Gasteiger partial charge in [0.1, 0.15) is 0 Å². The van der Waals surface area contributed by atoms with Crippen LogP contribution in [0.4, 0.5) is 0 Å². The second-order valence-corrected chi connectivity index (χ2v) is 4.12. The second kappa shape index (κ2) is 18.7. The molecule has 88 valence electrons. The smallest absolute Gasteiger partial charge is 0.0533 e. The van der Waals surface area contributed by atoms with Crippen molar-refractivity contribution in [2.45, 2.75) is 91.9 Å². The molecule has 0 aliphatic carbocycles. The molecule has 0 spiro atoms. The molecule has 0 rings (SSSR count). The molecule has 0 aliphatic rings. The van der Waals surface area contributed by atoms with E-state index >= 15 is 0 Å². The van der Waals surface area contributed by atoms with Gasteiger partial charge in [-0.3, -0.25) is 0 Å². The average Bonchev–Trinajstić information content (AvgIpc) is 2.20. The van der Waals surface area contributed by atoms with E-state index < -0.39 is 0 Å². The number of rotatable bonds is 8. The summed E-state index contributed by atoms with van der Waals surface area (Å²) in [6.07, 6.45) is 14.0. The van der Waals surface area contributed by atoms with E-state index in [9.17, 15) is 0 Å². The normalized spacial score (nSPS) is 9.43. The largest absolute Gasteiger partial charge is 0.0654 e. The zero-order chi connectivity index (χ0) is 11.1. The predicted molar refractivity (Wildman–Crippen MR) is 68.9 cm³/mol. The van der Waals surface area contributed by atoms with Gasteiger partial charge in [-0.05, 0) is 0 Å². The fourth-order valence-electron chi connectivity index (χ4n) is 1.38. The zero-order valence-corrected chi connectivity index (χ0v) is 11.1. The Labute approximate surface area is 92.5 Å². The summed E-state index contributed by atoms with van der Waals surface area (Å²) in [7, 11) is 0. The number of hydrogen-bond acceptors (Lipinski definition) is 0. The molecule has 0 saturated carbocycles. The second-order valence-electron chi connectivity index (χ2n) is 4.12. The summed E-state index contributed by atoms with van der Waals surface area (Å²) in [6, 6.07) is 0. The third-order valence-corrected chi connectivity index (χ3v) is 2.41. The van der Waals surface area contributed by atoms with Crippen molar-refractivity contribution < 1.29 is 0 Å². The van der Waals surface area contributed by atoms with Crippen molar-refractivity contribution in [1.82, 2.24) is 0 Å². The predicted octanol–water partition coefficient (Wildman–Crippen LogP) is 5.95. The quantitative estimate of drug-likeness (QED) is 0.424. The average molecular weight is 200 g/mol. The van der Waals surface area contributed by atoms with Gasteiger partial charge in [-0.2, -0.15) is 0 Å². The van der Waals surface area contributed by atoms with E-state index in [-0.39, 0.29) is 0 Å². The Morgan fingerprint density at radius 1 is 0.357 bits per heavy atom. The topological polar surface area (TPSA) is 0 Å². The molecule has 0 aromatic heterocycles. The van der Waals surface area contributed by atoms with Crippen LogP contribution in [0.1, 0.15) is 91.9 Å². The first-order valence-corrected chi connectivity index (χ1v) is 6.83. The molecule has 0 aromatic carbocycles. The number of unbranched alkanes of at least 4 members (excludes halogenated alkanes) is 8. The van der Waals surface area contributed by atoms with Crippen molar-refractivity contribution in [3.05, 3.63) is 0 Å². The van der Waals surface area contributed by atoms with Gasteiger partial charge < -0.3 is 0 Å². The molecule has 0 heteroatoms. The van der Waals surface area contributed by atoms with Crippen LogP contribution in [0.3, 0.4) is 0 Å². The molecular weight excluding hydrogens is 168 g/mol. The Kier molecular flexibility index (Phi) is 22.0. The minimum absolute atomic E-state index is 1.34. The van der Waals surface area contributed by atoms with Gasteiger partial charge in [0, 0.05) is 0 Å². The van der Waals surface area contributed by atoms with Crippen LogP contribution in [0.25, 0.3) is 0 Å². The maximum absolute atomic E-state index is 2.26. The Balaban J connectivity index is 0. The zero-order valence-electron chi connectivity index (χ0n) is 11.1. The van der Waals surface area contributed by atoms with Crippen LogP contribution in [0.5, 0.6) is 0 Å². The van der Waals surface area contributed by atoms with Crippen LogP contribution in [0, 0.1) is 0 Å². The summed E-state index contributed by atoms with van der Waals surface area (Å²) in [4.78, 5) is 0. The van der Waals surface area contributed by atoms with E-state index in [1.165, 1.54) is 64.2 Å². The van der Waals surface area contributed by atoms with Crippen LogP contribution >= 0.6 is 0 Å². The third kappa shape index (κ3) is 22.7. The highest BCUT2D eigenvalue weighted by Gasteiger charge is 1.85. The van der Waals surface area contributed by atoms with Gasteiger partial charge >= 0.3 is 0 Å². The first-order chi connectivity index (χ1) is 6.83. The molecule has 0 aromatic rings. The third-order valence-electron chi connectivity index (χ3n) is 2.41. The van der Waals surface area contributed by atoms with Gasteiger partial charge in [-0.25, -0.2) is 0 Å². The fraction of sp³-hybridized carbons (Fsp3) is 1.00. The van der Waals surface area contributed by atoms with Gasteiger partial charge in [-0.1, -0.05) is 91.9 Å². The monoisotopic (exact) mass is 200 g/mol. The highest BCUT2D eigenvalue weighted by molar-refractivity contribution is 4.41. The molecule has 0 heterocycles. The molecule has 0 nitrogen and oxygen atoms in total. The van der Waals surface area contributed by atoms with Crippen molar-refractivity contribution in [1.29, 1.82) is 0 Å². The Morgan fingerprint density at radius 2 is 0.643 bits per heavy atom. The first-order valence-electron chi connectivity index (χ1n) is 6.83. The SMILES string of the molecule is CCCCC.CCCCCCCCC. The molecule has 14 heavy (non-hydrogen) atoms. The van der Waals surface area contributed by atoms with E-state index in [1.807, 2.05) is 0 Å². The Bertz CT molecular complexity index is 58.4. The maximum atomic E-state index is 2.26. The van der Waals surface area contributed by atoms with Gasteiger partial charge in [0.2, 0.25) is 0 Å². The van der Waals surface area contributed by atoms with Crippen LogP contribution in [-0.4, -0.2) is 0 Å². The maximum Gasteiger partial charge on any atom is -0.0533 e. The van der Waals surface area contributed by atoms with Gasteiger partial charge in [-0.15, -0.1) is 0 Å². The first kappa shape index (κ1) is 16.4. The Hall–Kier alpha value is 0. The van der Waals surface area contributed by atoms with Crippen molar-refractivity contribution in [2.24, 2.45) is 0 Å². The van der Waals surface area contributed by atoms with E-state index in [2.05, 4.69) is 27.7 Å². The molecule has 0 amide bonds. The van der Waals surface area contributed by atoms with Crippen molar-refractivity contribution in [2.75, 3.05) is 0 Å². The fourth-order valence-corrected chi connectivity index (χ4v) is 1.38. The molecule has 0 aliphatic heterocycles. The molecule has 0 radical (unpaired) electrons. The van der Waals surface area contributed by atoms with Crippen molar-refractivity contribution >= 4 is 0 Å². The summed E-state index contributed by atoms with van der Waals surface area (Å²) in [5.41, 5.74) is 0. The van der Waals surface area contributed by atoms with E-state index in [0.717, 1.165) is 0 Å². The lowest BCUT2D eigenvalue weighted by Crippen LogP contribution is -1.76. The molecule has 0 bridgehead atoms. The number of hydrogen-bond donors (Lipinski definition) is 0. The Morgan fingerprint density at radius 3 is 0.857 bits per heavy atom. The minimum atomic E-state index is 1.34. The summed E-state index contributed by atoms with van der Waals surface area (Å²) < 4.78 is 0. The molecule has 0 saturated heterocycles. The lowest BCUT2D eigenvalue weighted by molar-refractivity contribution is 0.602. The van der Waals surface area contributed by atoms with Crippen LogP contribution in [0.15, 0.2) is 0 Å². The van der Waals surface area contributed by atoms with Crippen molar-refractivity contribution in [3.63, 3.8) is 0 Å². The molecular formula is C14H32.